The van der Waals surface area contributed by atoms with Gasteiger partial charge in [-0.05, 0) is 137 Å². The molecule has 0 atom stereocenters. The van der Waals surface area contributed by atoms with Gasteiger partial charge in [0.05, 0.1) is 0 Å². The van der Waals surface area contributed by atoms with E-state index < -0.39 is 13.2 Å². The van der Waals surface area contributed by atoms with Crippen LogP contribution in [0.1, 0.15) is 72.9 Å². The van der Waals surface area contributed by atoms with Crippen molar-refractivity contribution in [1.82, 2.24) is 0 Å². The van der Waals surface area contributed by atoms with E-state index in [2.05, 4.69) is 23.3 Å². The summed E-state index contributed by atoms with van der Waals surface area (Å²) in [6.07, 6.45) is 9.09. The fraction of sp³-hybridized carbons (Fsp3) is 0.280. The fourth-order valence-electron chi connectivity index (χ4n) is 6.71. The van der Waals surface area contributed by atoms with Crippen LogP contribution in [0, 0.1) is 11.6 Å². The predicted octanol–water partition coefficient (Wildman–Crippen LogP) is 14.4. The summed E-state index contributed by atoms with van der Waals surface area (Å²) in [7, 11) is 0. The molecule has 58 heavy (non-hydrogen) atoms. The molecule has 0 unspecified atom stereocenters. The van der Waals surface area contributed by atoms with Crippen LogP contribution in [0.15, 0.2) is 133 Å². The van der Waals surface area contributed by atoms with E-state index in [1.54, 1.807) is 36.4 Å². The van der Waals surface area contributed by atoms with Crippen molar-refractivity contribution in [3.63, 3.8) is 0 Å². The van der Waals surface area contributed by atoms with Gasteiger partial charge >= 0.3 is 13.2 Å². The topological polar surface area (TPSA) is 18.5 Å². The molecule has 304 valence electrons. The Morgan fingerprint density at radius 2 is 0.741 bits per heavy atom. The van der Waals surface area contributed by atoms with Crippen LogP contribution in [0.4, 0.5) is 26.3 Å². The van der Waals surface area contributed by atoms with Gasteiger partial charge < -0.3 is 9.47 Å². The van der Waals surface area contributed by atoms with Gasteiger partial charge in [0.15, 0.2) is 0 Å². The Morgan fingerprint density at radius 3 is 1.09 bits per heavy atom. The third-order valence-electron chi connectivity index (χ3n) is 9.94. The van der Waals surface area contributed by atoms with E-state index in [1.165, 1.54) is 30.7 Å². The number of alkyl halides is 4. The third-order valence-corrected chi connectivity index (χ3v) is 9.94. The standard InChI is InChI=1S/C26H27F3O.C24H23F3O/c1-2-3-4-5-20-9-13-23(25(27)18-20)12-8-19-6-10-21(11-7-19)22-14-16-24(17-15-22)30-26(28)29;1-2-3-18-7-11-21(23(25)16-18)10-6-17-4-8-19(9-5-17)20-12-14-22(15-13-20)28-24(26)27/h6-7,9-11,13-18,26H,2-5,8,12H2,1H3;4-5,7-9,11-16,24H,2-3,6,10H2,1H3. The lowest BCUT2D eigenvalue weighted by molar-refractivity contribution is -0.0505. The molecule has 0 N–H and O–H groups in total. The minimum Gasteiger partial charge on any atom is -0.435 e. The highest BCUT2D eigenvalue weighted by Crippen LogP contribution is 2.26. The van der Waals surface area contributed by atoms with Crippen molar-refractivity contribution < 1.29 is 35.8 Å². The van der Waals surface area contributed by atoms with Gasteiger partial charge in [0, 0.05) is 0 Å². The molecule has 6 aromatic rings. The normalized spacial score (nSPS) is 11.1. The van der Waals surface area contributed by atoms with Crippen LogP contribution in [0.25, 0.3) is 22.3 Å². The maximum absolute atomic E-state index is 14.4. The Kier molecular flexibility index (Phi) is 16.9. The van der Waals surface area contributed by atoms with Gasteiger partial charge in [-0.1, -0.05) is 130 Å². The van der Waals surface area contributed by atoms with E-state index in [9.17, 15) is 26.3 Å². The Balaban J connectivity index is 0.000000221. The first-order valence-electron chi connectivity index (χ1n) is 19.9. The number of hydrogen-bond donors (Lipinski definition) is 0. The molecule has 0 bridgehead atoms. The van der Waals surface area contributed by atoms with Gasteiger partial charge in [-0.3, -0.25) is 0 Å². The lowest BCUT2D eigenvalue weighted by Gasteiger charge is -2.08. The summed E-state index contributed by atoms with van der Waals surface area (Å²) in [6, 6.07) is 40.3. The van der Waals surface area contributed by atoms with E-state index in [0.29, 0.717) is 12.8 Å². The molecular formula is C50H50F6O2. The molecule has 0 aliphatic carbocycles. The molecule has 8 heteroatoms. The van der Waals surface area contributed by atoms with Crippen molar-refractivity contribution in [1.29, 1.82) is 0 Å². The van der Waals surface area contributed by atoms with Crippen LogP contribution in [-0.4, -0.2) is 13.2 Å². The van der Waals surface area contributed by atoms with E-state index in [0.717, 1.165) is 101 Å². The van der Waals surface area contributed by atoms with Crippen LogP contribution in [0.5, 0.6) is 11.5 Å². The van der Waals surface area contributed by atoms with Crippen molar-refractivity contribution in [2.24, 2.45) is 0 Å². The maximum Gasteiger partial charge on any atom is 0.387 e. The largest absolute Gasteiger partial charge is 0.435 e. The molecule has 0 spiro atoms. The number of rotatable bonds is 18. The number of unbranched alkanes of at least 4 members (excludes halogenated alkanes) is 2. The van der Waals surface area contributed by atoms with Crippen LogP contribution in [-0.2, 0) is 38.5 Å². The molecular weight excluding hydrogens is 747 g/mol. The van der Waals surface area contributed by atoms with Crippen molar-refractivity contribution >= 4 is 0 Å². The van der Waals surface area contributed by atoms with Crippen molar-refractivity contribution in [2.45, 2.75) is 91.3 Å². The number of hydrogen-bond acceptors (Lipinski definition) is 2. The SMILES string of the molecule is CCCCCc1ccc(CCc2ccc(-c3ccc(OC(F)F)cc3)cc2)c(F)c1.CCCc1ccc(CCc2ccc(-c3ccc(OC(F)F)cc3)cc2)c(F)c1. The summed E-state index contributed by atoms with van der Waals surface area (Å²) in [6.45, 7) is -1.39. The smallest absolute Gasteiger partial charge is 0.387 e. The van der Waals surface area contributed by atoms with Crippen LogP contribution in [0.3, 0.4) is 0 Å². The molecule has 0 radical (unpaired) electrons. The maximum atomic E-state index is 14.4. The Morgan fingerprint density at radius 1 is 0.379 bits per heavy atom. The van der Waals surface area contributed by atoms with Crippen LogP contribution < -0.4 is 9.47 Å². The second kappa shape index (κ2) is 22.4. The Hall–Kier alpha value is -5.50. The minimum atomic E-state index is -2.82. The van der Waals surface area contributed by atoms with E-state index in [4.69, 9.17) is 0 Å². The minimum absolute atomic E-state index is 0.119. The first-order valence-corrected chi connectivity index (χ1v) is 19.9. The molecule has 6 rings (SSSR count). The summed E-state index contributed by atoms with van der Waals surface area (Å²) in [5, 5.41) is 0. The fourth-order valence-corrected chi connectivity index (χ4v) is 6.71. The predicted molar refractivity (Wildman–Crippen MR) is 222 cm³/mol. The number of ether oxygens (including phenoxy) is 2. The summed E-state index contributed by atoms with van der Waals surface area (Å²) < 4.78 is 86.3. The van der Waals surface area contributed by atoms with Gasteiger partial charge in [-0.25, -0.2) is 8.78 Å². The van der Waals surface area contributed by atoms with Crippen molar-refractivity contribution in [3.05, 3.63) is 178 Å². The first kappa shape index (κ1) is 43.6. The van der Waals surface area contributed by atoms with Gasteiger partial charge in [-0.15, -0.1) is 0 Å². The summed E-state index contributed by atoms with van der Waals surface area (Å²) in [5.74, 6) is 0.0338. The Labute approximate surface area is 338 Å². The lowest BCUT2D eigenvalue weighted by Crippen LogP contribution is -2.01. The molecule has 0 aliphatic heterocycles. The molecule has 0 amide bonds. The number of benzene rings is 6. The molecule has 0 saturated carbocycles. The second-order valence-electron chi connectivity index (χ2n) is 14.3. The zero-order chi connectivity index (χ0) is 41.3. The highest BCUT2D eigenvalue weighted by molar-refractivity contribution is 5.65. The van der Waals surface area contributed by atoms with Crippen molar-refractivity contribution in [3.8, 4) is 33.8 Å². The highest BCUT2D eigenvalue weighted by Gasteiger charge is 2.09. The first-order chi connectivity index (χ1) is 28.1. The van der Waals surface area contributed by atoms with E-state index >= 15 is 0 Å². The summed E-state index contributed by atoms with van der Waals surface area (Å²) in [5.41, 5.74) is 9.66. The average molecular weight is 797 g/mol. The zero-order valence-electron chi connectivity index (χ0n) is 33.0. The van der Waals surface area contributed by atoms with Gasteiger partial charge in [-0.2, -0.15) is 17.6 Å². The van der Waals surface area contributed by atoms with Gasteiger partial charge in [0.2, 0.25) is 0 Å². The number of halogens is 6. The third kappa shape index (κ3) is 13.9. The molecule has 0 aliphatic rings. The van der Waals surface area contributed by atoms with Gasteiger partial charge in [0.25, 0.3) is 0 Å². The van der Waals surface area contributed by atoms with Crippen LogP contribution >= 0.6 is 0 Å². The molecule has 2 nitrogen and oxygen atoms in total. The molecule has 0 aromatic heterocycles. The molecule has 0 heterocycles. The van der Waals surface area contributed by atoms with Crippen LogP contribution in [0.2, 0.25) is 0 Å². The summed E-state index contributed by atoms with van der Waals surface area (Å²) in [4.78, 5) is 0. The Bertz CT molecular complexity index is 2110. The van der Waals surface area contributed by atoms with Gasteiger partial charge in [0.1, 0.15) is 23.1 Å². The molecule has 6 aromatic carbocycles. The number of aryl methyl sites for hydroxylation is 6. The monoisotopic (exact) mass is 796 g/mol. The molecule has 0 saturated heterocycles. The zero-order valence-corrected chi connectivity index (χ0v) is 33.0. The average Bonchev–Trinajstić information content (AvgIpc) is 3.21. The van der Waals surface area contributed by atoms with E-state index in [1.807, 2.05) is 72.8 Å². The van der Waals surface area contributed by atoms with E-state index in [-0.39, 0.29) is 23.1 Å². The van der Waals surface area contributed by atoms with Crippen molar-refractivity contribution in [2.75, 3.05) is 0 Å². The quantitative estimate of drug-likeness (QED) is 0.0637. The second-order valence-corrected chi connectivity index (χ2v) is 14.3. The highest BCUT2D eigenvalue weighted by atomic mass is 19.3. The lowest BCUT2D eigenvalue weighted by atomic mass is 9.98. The molecule has 0 fully saturated rings. The summed E-state index contributed by atoms with van der Waals surface area (Å²) >= 11 is 0.